The smallest absolute Gasteiger partial charge is 0.251 e. The molecule has 0 spiro atoms. The number of nitrogens with zero attached hydrogens (tertiary/aromatic N) is 2. The van der Waals surface area contributed by atoms with Crippen LogP contribution in [0.15, 0.2) is 41.8 Å². The van der Waals surface area contributed by atoms with Gasteiger partial charge in [0.15, 0.2) is 11.5 Å². The number of amides is 1. The molecule has 9 heteroatoms. The molecule has 0 saturated heterocycles. The van der Waals surface area contributed by atoms with Crippen molar-refractivity contribution in [2.45, 2.75) is 13.0 Å². The number of aromatic nitrogens is 2. The summed E-state index contributed by atoms with van der Waals surface area (Å²) in [6.45, 7) is 1.82. The van der Waals surface area contributed by atoms with Gasteiger partial charge in [-0.1, -0.05) is 12.1 Å². The first-order chi connectivity index (χ1) is 15.8. The lowest BCUT2D eigenvalue weighted by Gasteiger charge is -2.12. The van der Waals surface area contributed by atoms with Crippen molar-refractivity contribution < 1.29 is 23.8 Å². The van der Waals surface area contributed by atoms with Crippen LogP contribution < -0.4 is 14.8 Å². The summed E-state index contributed by atoms with van der Waals surface area (Å²) < 4.78 is 27.0. The summed E-state index contributed by atoms with van der Waals surface area (Å²) in [4.78, 5) is 17.2. The number of carbonyl (C=O) groups excluding carboxylic acids is 1. The zero-order valence-electron chi connectivity index (χ0n) is 18.7. The molecule has 2 heterocycles. The number of ether oxygens (including phenoxy) is 2. The Morgan fingerprint density at radius 1 is 1.24 bits per heavy atom. The fraction of sp³-hybridized carbons (Fsp3) is 0.250. The summed E-state index contributed by atoms with van der Waals surface area (Å²) in [7, 11) is 4.86. The van der Waals surface area contributed by atoms with E-state index in [9.17, 15) is 14.3 Å². The van der Waals surface area contributed by atoms with Gasteiger partial charge >= 0.3 is 0 Å². The van der Waals surface area contributed by atoms with Gasteiger partial charge in [-0.05, 0) is 31.2 Å². The van der Waals surface area contributed by atoms with Crippen LogP contribution >= 0.6 is 11.3 Å². The van der Waals surface area contributed by atoms with Crippen LogP contribution in [-0.2, 0) is 7.05 Å². The van der Waals surface area contributed by atoms with E-state index in [1.165, 1.54) is 31.6 Å². The van der Waals surface area contributed by atoms with E-state index >= 15 is 0 Å². The molecule has 4 aromatic rings. The third-order valence-corrected chi connectivity index (χ3v) is 6.63. The van der Waals surface area contributed by atoms with Gasteiger partial charge in [0.2, 0.25) is 0 Å². The molecule has 2 N–H and O–H groups in total. The van der Waals surface area contributed by atoms with Crippen molar-refractivity contribution in [1.82, 2.24) is 14.9 Å². The van der Waals surface area contributed by atoms with Crippen molar-refractivity contribution in [2.24, 2.45) is 7.05 Å². The Balaban J connectivity index is 1.54. The van der Waals surface area contributed by atoms with Gasteiger partial charge in [0.1, 0.15) is 17.7 Å². The highest BCUT2D eigenvalue weighted by Gasteiger charge is 2.22. The van der Waals surface area contributed by atoms with Crippen molar-refractivity contribution in [3.05, 3.63) is 64.5 Å². The number of halogens is 1. The van der Waals surface area contributed by atoms with Gasteiger partial charge in [0.25, 0.3) is 5.91 Å². The highest BCUT2D eigenvalue weighted by Crippen LogP contribution is 2.36. The summed E-state index contributed by atoms with van der Waals surface area (Å²) in [6.07, 6.45) is -1.02. The number of hydrogen-bond acceptors (Lipinski definition) is 6. The van der Waals surface area contributed by atoms with Crippen molar-refractivity contribution >= 4 is 27.3 Å². The maximum Gasteiger partial charge on any atom is 0.251 e. The Morgan fingerprint density at radius 3 is 2.73 bits per heavy atom. The zero-order valence-corrected chi connectivity index (χ0v) is 19.5. The lowest BCUT2D eigenvalue weighted by molar-refractivity contribution is 0.0913. The number of hydrogen-bond donors (Lipinski definition) is 2. The van der Waals surface area contributed by atoms with Crippen molar-refractivity contribution in [3.63, 3.8) is 0 Å². The topological polar surface area (TPSA) is 85.6 Å². The molecule has 0 aliphatic heterocycles. The van der Waals surface area contributed by atoms with Crippen LogP contribution in [0, 0.1) is 12.7 Å². The minimum Gasteiger partial charge on any atom is -0.493 e. The largest absolute Gasteiger partial charge is 0.493 e. The lowest BCUT2D eigenvalue weighted by Crippen LogP contribution is -2.28. The van der Waals surface area contributed by atoms with E-state index in [1.54, 1.807) is 24.3 Å². The van der Waals surface area contributed by atoms with Crippen molar-refractivity contribution in [3.8, 4) is 22.9 Å². The van der Waals surface area contributed by atoms with E-state index in [0.717, 1.165) is 16.6 Å². The second-order valence-corrected chi connectivity index (χ2v) is 8.41. The number of fused-ring (bicyclic) bond motifs is 1. The Labute approximate surface area is 194 Å². The molecule has 7 nitrogen and oxygen atoms in total. The fourth-order valence-corrected chi connectivity index (χ4v) is 4.67. The first-order valence-electron chi connectivity index (χ1n) is 10.2. The van der Waals surface area contributed by atoms with E-state index < -0.39 is 6.10 Å². The molecule has 1 amide bonds. The SMILES string of the molecule is COc1ccc(C(=O)NCC(O)c2nc(-c3csc4c(F)cccc34)n(C)c2C)cc1OC. The summed E-state index contributed by atoms with van der Waals surface area (Å²) in [6, 6.07) is 9.80. The second-order valence-electron chi connectivity index (χ2n) is 7.53. The van der Waals surface area contributed by atoms with Crippen molar-refractivity contribution in [2.75, 3.05) is 20.8 Å². The fourth-order valence-electron chi connectivity index (χ4n) is 3.72. The number of carbonyl (C=O) groups is 1. The molecule has 0 saturated carbocycles. The molecule has 0 radical (unpaired) electrons. The van der Waals surface area contributed by atoms with Gasteiger partial charge in [-0.2, -0.15) is 0 Å². The van der Waals surface area contributed by atoms with Crippen LogP contribution in [0.2, 0.25) is 0 Å². The minimum atomic E-state index is -1.02. The molecule has 0 fully saturated rings. The quantitative estimate of drug-likeness (QED) is 0.423. The van der Waals surface area contributed by atoms with Crippen LogP contribution in [0.25, 0.3) is 21.5 Å². The van der Waals surface area contributed by atoms with Gasteiger partial charge in [0.05, 0.1) is 24.6 Å². The highest BCUT2D eigenvalue weighted by molar-refractivity contribution is 7.17. The first kappa shape index (κ1) is 22.8. The number of benzene rings is 2. The number of nitrogens with one attached hydrogen (secondary N) is 1. The molecule has 0 bridgehead atoms. The summed E-state index contributed by atoms with van der Waals surface area (Å²) >= 11 is 1.32. The molecule has 2 aromatic heterocycles. The molecule has 33 heavy (non-hydrogen) atoms. The molecule has 0 aliphatic carbocycles. The number of thiophene rings is 1. The Morgan fingerprint density at radius 2 is 2.00 bits per heavy atom. The Bertz CT molecular complexity index is 1330. The standard InChI is InChI=1S/C24H24FN3O4S/c1-13-21(18(29)11-26-24(30)14-8-9-19(31-3)20(10-14)32-4)27-23(28(13)2)16-12-33-22-15(16)6-5-7-17(22)25/h5-10,12,18,29H,11H2,1-4H3,(H,26,30). The number of rotatable bonds is 7. The molecule has 1 unspecified atom stereocenters. The van der Waals surface area contributed by atoms with Crippen LogP contribution in [0.1, 0.15) is 27.8 Å². The number of methoxy groups -OCH3 is 2. The molecule has 1 atom stereocenters. The average Bonchev–Trinajstić information content (AvgIpc) is 3.38. The van der Waals surface area contributed by atoms with E-state index in [4.69, 9.17) is 9.47 Å². The zero-order chi connectivity index (χ0) is 23.7. The highest BCUT2D eigenvalue weighted by atomic mass is 32.1. The van der Waals surface area contributed by atoms with Gasteiger partial charge in [-0.25, -0.2) is 9.37 Å². The molecule has 2 aromatic carbocycles. The third kappa shape index (κ3) is 4.17. The van der Waals surface area contributed by atoms with E-state index in [2.05, 4.69) is 10.3 Å². The molecule has 172 valence electrons. The number of aliphatic hydroxyl groups is 1. The Kier molecular flexibility index (Phi) is 6.35. The first-order valence-corrected chi connectivity index (χ1v) is 11.1. The molecule has 4 rings (SSSR count). The van der Waals surface area contributed by atoms with Gasteiger partial charge in [0, 0.05) is 41.2 Å². The normalized spacial score (nSPS) is 12.1. The van der Waals surface area contributed by atoms with Crippen LogP contribution in [0.4, 0.5) is 4.39 Å². The minimum absolute atomic E-state index is 0.0243. The van der Waals surface area contributed by atoms with Gasteiger partial charge in [-0.3, -0.25) is 4.79 Å². The van der Waals surface area contributed by atoms with Crippen LogP contribution in [0.5, 0.6) is 11.5 Å². The molecular formula is C24H24FN3O4S. The average molecular weight is 470 g/mol. The lowest BCUT2D eigenvalue weighted by atomic mass is 10.1. The number of aliphatic hydroxyl groups excluding tert-OH is 1. The van der Waals surface area contributed by atoms with E-state index in [0.29, 0.717) is 33.3 Å². The monoisotopic (exact) mass is 469 g/mol. The van der Waals surface area contributed by atoms with E-state index in [1.807, 2.05) is 30.0 Å². The molecular weight excluding hydrogens is 445 g/mol. The van der Waals surface area contributed by atoms with Crippen LogP contribution in [0.3, 0.4) is 0 Å². The Hall–Kier alpha value is -3.43. The van der Waals surface area contributed by atoms with Crippen LogP contribution in [-0.4, -0.2) is 41.3 Å². The predicted octanol–water partition coefficient (Wildman–Crippen LogP) is 4.23. The van der Waals surface area contributed by atoms with E-state index in [-0.39, 0.29) is 18.3 Å². The maximum atomic E-state index is 14.1. The van der Waals surface area contributed by atoms with Crippen molar-refractivity contribution in [1.29, 1.82) is 0 Å². The predicted molar refractivity (Wildman–Crippen MR) is 126 cm³/mol. The molecule has 0 aliphatic rings. The third-order valence-electron chi connectivity index (χ3n) is 5.63. The number of imidazole rings is 1. The van der Waals surface area contributed by atoms with Gasteiger partial charge < -0.3 is 24.5 Å². The summed E-state index contributed by atoms with van der Waals surface area (Å²) in [5.74, 6) is 0.961. The summed E-state index contributed by atoms with van der Waals surface area (Å²) in [5, 5.41) is 16.2. The van der Waals surface area contributed by atoms with Gasteiger partial charge in [-0.15, -0.1) is 11.3 Å². The maximum absolute atomic E-state index is 14.1. The summed E-state index contributed by atoms with van der Waals surface area (Å²) in [5.41, 5.74) is 2.39. The second kappa shape index (κ2) is 9.21.